The molecular formula is C19H23ClIN3S. The van der Waals surface area contributed by atoms with Gasteiger partial charge in [0.05, 0.1) is 18.1 Å². The molecule has 0 radical (unpaired) electrons. The van der Waals surface area contributed by atoms with Crippen LogP contribution in [0.5, 0.6) is 0 Å². The number of hydrogen-bond acceptors (Lipinski definition) is 2. The van der Waals surface area contributed by atoms with Crippen molar-refractivity contribution in [2.75, 3.05) is 18.8 Å². The number of nitrogens with zero attached hydrogens (tertiary/aromatic N) is 3. The maximum Gasteiger partial charge on any atom is 0.285 e. The zero-order valence-electron chi connectivity index (χ0n) is 14.6. The molecule has 0 spiro atoms. The van der Waals surface area contributed by atoms with Crippen LogP contribution in [0.4, 0.5) is 0 Å². The molecule has 1 aromatic carbocycles. The molecule has 1 saturated heterocycles. The Bertz CT molecular complexity index is 856. The summed E-state index contributed by atoms with van der Waals surface area (Å²) in [6, 6.07) is 6.24. The number of rotatable bonds is 3. The summed E-state index contributed by atoms with van der Waals surface area (Å²) >= 11 is 8.20. The highest BCUT2D eigenvalue weighted by molar-refractivity contribution is 8.03. The molecule has 1 fully saturated rings. The van der Waals surface area contributed by atoms with Crippen molar-refractivity contribution in [1.82, 2.24) is 9.47 Å². The molecule has 3 heterocycles. The average Bonchev–Trinajstić information content (AvgIpc) is 3.27. The molecule has 0 saturated carbocycles. The molecule has 2 aromatic rings. The summed E-state index contributed by atoms with van der Waals surface area (Å²) in [5.41, 5.74) is 3.96. The lowest BCUT2D eigenvalue weighted by molar-refractivity contribution is -0.670. The minimum Gasteiger partial charge on any atom is -1.00 e. The molecule has 0 atom stereocenters. The second kappa shape index (κ2) is 7.92. The Kier molecular flexibility index (Phi) is 6.06. The molecule has 0 bridgehead atoms. The van der Waals surface area contributed by atoms with Gasteiger partial charge in [-0.05, 0) is 38.1 Å². The lowest BCUT2D eigenvalue weighted by Crippen LogP contribution is -3.00. The van der Waals surface area contributed by atoms with Crippen molar-refractivity contribution in [3.8, 4) is 0 Å². The molecule has 0 unspecified atom stereocenters. The fraction of sp³-hybridized carbons (Fsp3) is 0.421. The van der Waals surface area contributed by atoms with Gasteiger partial charge in [-0.2, -0.15) is 0 Å². The lowest BCUT2D eigenvalue weighted by atomic mass is 10.2. The van der Waals surface area contributed by atoms with Crippen LogP contribution in [0.2, 0.25) is 5.02 Å². The third-order valence-corrected chi connectivity index (χ3v) is 6.28. The molecule has 25 heavy (non-hydrogen) atoms. The molecule has 0 N–H and O–H groups in total. The van der Waals surface area contributed by atoms with Crippen molar-refractivity contribution >= 4 is 40.0 Å². The number of imidazole rings is 1. The molecule has 6 heteroatoms. The summed E-state index contributed by atoms with van der Waals surface area (Å²) in [6.45, 7) is 8.73. The van der Waals surface area contributed by atoms with Crippen molar-refractivity contribution in [2.45, 2.75) is 33.4 Å². The van der Waals surface area contributed by atoms with E-state index < -0.39 is 0 Å². The SMILES string of the molecule is CCN1CCSC1=CC=C1CCn2c1[n+](CC)c1ccc(Cl)cc12.[I-]. The number of halogens is 2. The van der Waals surface area contributed by atoms with E-state index in [1.165, 1.54) is 39.8 Å². The molecule has 2 aliphatic rings. The maximum absolute atomic E-state index is 6.23. The largest absolute Gasteiger partial charge is 1.00 e. The zero-order valence-corrected chi connectivity index (χ0v) is 18.4. The third kappa shape index (κ3) is 3.35. The number of fused-ring (bicyclic) bond motifs is 3. The van der Waals surface area contributed by atoms with Crippen LogP contribution < -0.4 is 28.5 Å². The zero-order chi connectivity index (χ0) is 16.7. The molecule has 0 amide bonds. The van der Waals surface area contributed by atoms with Crippen molar-refractivity contribution in [3.63, 3.8) is 0 Å². The van der Waals surface area contributed by atoms with Crippen LogP contribution in [0.25, 0.3) is 16.6 Å². The highest BCUT2D eigenvalue weighted by atomic mass is 127. The molecule has 3 nitrogen and oxygen atoms in total. The molecular weight excluding hydrogens is 465 g/mol. The summed E-state index contributed by atoms with van der Waals surface area (Å²) in [5.74, 6) is 2.55. The van der Waals surface area contributed by atoms with Crippen LogP contribution in [0.15, 0.2) is 35.4 Å². The maximum atomic E-state index is 6.23. The number of allylic oxidation sites excluding steroid dienone is 3. The van der Waals surface area contributed by atoms with E-state index in [2.05, 4.69) is 52.2 Å². The Balaban J connectivity index is 0.00000182. The Morgan fingerprint density at radius 1 is 1.24 bits per heavy atom. The highest BCUT2D eigenvalue weighted by Gasteiger charge is 2.32. The molecule has 0 aliphatic carbocycles. The van der Waals surface area contributed by atoms with Gasteiger partial charge in [0.1, 0.15) is 0 Å². The quantitative estimate of drug-likeness (QED) is 0.478. The van der Waals surface area contributed by atoms with E-state index in [1.807, 2.05) is 17.8 Å². The molecule has 134 valence electrons. The highest BCUT2D eigenvalue weighted by Crippen LogP contribution is 2.32. The summed E-state index contributed by atoms with van der Waals surface area (Å²) < 4.78 is 4.84. The first-order chi connectivity index (χ1) is 11.7. The van der Waals surface area contributed by atoms with Crippen LogP contribution >= 0.6 is 23.4 Å². The van der Waals surface area contributed by atoms with Gasteiger partial charge in [0.15, 0.2) is 11.0 Å². The second-order valence-corrected chi connectivity index (χ2v) is 7.78. The predicted molar refractivity (Wildman–Crippen MR) is 103 cm³/mol. The average molecular weight is 488 g/mol. The van der Waals surface area contributed by atoms with Gasteiger partial charge in [-0.1, -0.05) is 11.6 Å². The minimum atomic E-state index is 0. The van der Waals surface area contributed by atoms with Gasteiger partial charge in [-0.25, -0.2) is 9.13 Å². The number of thioether (sulfide) groups is 1. The van der Waals surface area contributed by atoms with E-state index in [4.69, 9.17) is 11.6 Å². The van der Waals surface area contributed by atoms with E-state index in [0.29, 0.717) is 0 Å². The molecule has 4 rings (SSSR count). The summed E-state index contributed by atoms with van der Waals surface area (Å²) in [6.07, 6.45) is 5.75. The Morgan fingerprint density at radius 2 is 2.08 bits per heavy atom. The Labute approximate surface area is 175 Å². The van der Waals surface area contributed by atoms with Gasteiger partial charge in [-0.3, -0.25) is 0 Å². The standard InChI is InChI=1S/C19H23ClN3S.HI/c1-3-21-11-12-24-18(21)8-5-14-9-10-23-17-13-15(20)6-7-16(17)22(4-2)19(14)23;/h5-8,13H,3-4,9-12H2,1-2H3;1H/q+1;/p-1. The summed E-state index contributed by atoms with van der Waals surface area (Å²) in [4.78, 5) is 2.46. The molecule has 2 aliphatic heterocycles. The van der Waals surface area contributed by atoms with Crippen molar-refractivity contribution < 1.29 is 28.5 Å². The van der Waals surface area contributed by atoms with Crippen molar-refractivity contribution in [1.29, 1.82) is 0 Å². The van der Waals surface area contributed by atoms with Gasteiger partial charge in [0.2, 0.25) is 0 Å². The monoisotopic (exact) mass is 487 g/mol. The fourth-order valence-electron chi connectivity index (χ4n) is 3.81. The second-order valence-electron chi connectivity index (χ2n) is 6.23. The van der Waals surface area contributed by atoms with E-state index in [0.717, 1.165) is 31.1 Å². The van der Waals surface area contributed by atoms with Crippen molar-refractivity contribution in [3.05, 3.63) is 46.2 Å². The van der Waals surface area contributed by atoms with Gasteiger partial charge in [0.25, 0.3) is 5.82 Å². The topological polar surface area (TPSA) is 12.1 Å². The van der Waals surface area contributed by atoms with Gasteiger partial charge in [-0.15, -0.1) is 11.8 Å². The van der Waals surface area contributed by atoms with Crippen LogP contribution in [0, 0.1) is 0 Å². The van der Waals surface area contributed by atoms with Crippen LogP contribution in [0.1, 0.15) is 26.1 Å². The van der Waals surface area contributed by atoms with E-state index in [-0.39, 0.29) is 24.0 Å². The summed E-state index contributed by atoms with van der Waals surface area (Å²) in [7, 11) is 0. The number of aryl methyl sites for hydroxylation is 2. The number of hydrogen-bond donors (Lipinski definition) is 0. The normalized spacial score (nSPS) is 19.9. The van der Waals surface area contributed by atoms with Crippen LogP contribution in [-0.4, -0.2) is 28.3 Å². The van der Waals surface area contributed by atoms with E-state index in [1.54, 1.807) is 0 Å². The van der Waals surface area contributed by atoms with Gasteiger partial charge >= 0.3 is 0 Å². The smallest absolute Gasteiger partial charge is 0.285 e. The Hall–Kier alpha value is -0.660. The van der Waals surface area contributed by atoms with Gasteiger partial charge < -0.3 is 28.9 Å². The van der Waals surface area contributed by atoms with Crippen LogP contribution in [-0.2, 0) is 13.1 Å². The van der Waals surface area contributed by atoms with Gasteiger partial charge in [0, 0.05) is 41.9 Å². The van der Waals surface area contributed by atoms with E-state index >= 15 is 0 Å². The Morgan fingerprint density at radius 3 is 2.84 bits per heavy atom. The lowest BCUT2D eigenvalue weighted by Gasteiger charge is -2.15. The van der Waals surface area contributed by atoms with Crippen LogP contribution in [0.3, 0.4) is 0 Å². The van der Waals surface area contributed by atoms with E-state index in [9.17, 15) is 0 Å². The minimum absolute atomic E-state index is 0. The molecule has 1 aromatic heterocycles. The first-order valence-corrected chi connectivity index (χ1v) is 10.1. The summed E-state index contributed by atoms with van der Waals surface area (Å²) in [5, 5.41) is 2.22. The third-order valence-electron chi connectivity index (χ3n) is 4.97. The fourth-order valence-corrected chi connectivity index (χ4v) is 5.07. The first-order valence-electron chi connectivity index (χ1n) is 8.73. The predicted octanol–water partition coefficient (Wildman–Crippen LogP) is 1.30. The first kappa shape index (κ1) is 19.1. The number of benzene rings is 1. The van der Waals surface area contributed by atoms with Crippen molar-refractivity contribution in [2.24, 2.45) is 0 Å². The number of aromatic nitrogens is 2.